The summed E-state index contributed by atoms with van der Waals surface area (Å²) in [6.45, 7) is 5.23. The standard InChI is InChI=1S/C17H22N4O2/c1-12(2)21-16(5-8-19-21)17(22)20-15-11-23-10-14(15)9-13-3-6-18-7-4-13/h3-8,12,14-15H,9-11H2,1-2H3,(H,20,22)/t14-,15-/m1/s1. The third kappa shape index (κ3) is 3.59. The van der Waals surface area contributed by atoms with Crippen molar-refractivity contribution >= 4 is 5.91 Å². The van der Waals surface area contributed by atoms with Gasteiger partial charge in [0.2, 0.25) is 0 Å². The summed E-state index contributed by atoms with van der Waals surface area (Å²) in [4.78, 5) is 16.6. The number of amides is 1. The van der Waals surface area contributed by atoms with Crippen molar-refractivity contribution in [1.29, 1.82) is 0 Å². The van der Waals surface area contributed by atoms with E-state index in [1.165, 1.54) is 5.56 Å². The van der Waals surface area contributed by atoms with E-state index in [4.69, 9.17) is 4.74 Å². The van der Waals surface area contributed by atoms with Crippen LogP contribution in [0.15, 0.2) is 36.8 Å². The summed E-state index contributed by atoms with van der Waals surface area (Å²) in [6.07, 6.45) is 6.12. The fourth-order valence-electron chi connectivity index (χ4n) is 2.93. The number of nitrogens with zero attached hydrogens (tertiary/aromatic N) is 3. The van der Waals surface area contributed by atoms with Crippen LogP contribution in [0.2, 0.25) is 0 Å². The van der Waals surface area contributed by atoms with E-state index in [1.807, 2.05) is 26.0 Å². The summed E-state index contributed by atoms with van der Waals surface area (Å²) < 4.78 is 7.32. The number of hydrogen-bond acceptors (Lipinski definition) is 4. The number of aromatic nitrogens is 3. The van der Waals surface area contributed by atoms with E-state index < -0.39 is 0 Å². The first-order valence-corrected chi connectivity index (χ1v) is 7.96. The van der Waals surface area contributed by atoms with Crippen molar-refractivity contribution in [1.82, 2.24) is 20.1 Å². The molecule has 2 atom stereocenters. The lowest BCUT2D eigenvalue weighted by Gasteiger charge is -2.20. The highest BCUT2D eigenvalue weighted by atomic mass is 16.5. The fourth-order valence-corrected chi connectivity index (χ4v) is 2.93. The zero-order valence-electron chi connectivity index (χ0n) is 13.5. The molecule has 1 saturated heterocycles. The Kier molecular flexibility index (Phi) is 4.71. The summed E-state index contributed by atoms with van der Waals surface area (Å²) >= 11 is 0. The summed E-state index contributed by atoms with van der Waals surface area (Å²) in [6, 6.07) is 5.93. The maximum atomic E-state index is 12.5. The van der Waals surface area contributed by atoms with Gasteiger partial charge < -0.3 is 10.1 Å². The molecular formula is C17H22N4O2. The number of nitrogens with one attached hydrogen (secondary N) is 1. The Hall–Kier alpha value is -2.21. The summed E-state index contributed by atoms with van der Waals surface area (Å²) in [5.41, 5.74) is 1.80. The van der Waals surface area contributed by atoms with Crippen molar-refractivity contribution in [2.45, 2.75) is 32.4 Å². The minimum absolute atomic E-state index is 0.0196. The summed E-state index contributed by atoms with van der Waals surface area (Å²) in [7, 11) is 0. The molecule has 1 fully saturated rings. The maximum Gasteiger partial charge on any atom is 0.269 e. The first-order valence-electron chi connectivity index (χ1n) is 7.96. The predicted molar refractivity (Wildman–Crippen MR) is 86.1 cm³/mol. The molecule has 122 valence electrons. The van der Waals surface area contributed by atoms with Gasteiger partial charge in [0.15, 0.2) is 0 Å². The van der Waals surface area contributed by atoms with Gasteiger partial charge in [0.05, 0.1) is 19.3 Å². The lowest BCUT2D eigenvalue weighted by molar-refractivity contribution is 0.0912. The van der Waals surface area contributed by atoms with E-state index in [1.54, 1.807) is 29.3 Å². The van der Waals surface area contributed by atoms with Crippen LogP contribution in [-0.2, 0) is 11.2 Å². The van der Waals surface area contributed by atoms with Crippen molar-refractivity contribution in [2.75, 3.05) is 13.2 Å². The lowest BCUT2D eigenvalue weighted by Crippen LogP contribution is -2.41. The van der Waals surface area contributed by atoms with Crippen molar-refractivity contribution in [2.24, 2.45) is 5.92 Å². The van der Waals surface area contributed by atoms with Gasteiger partial charge in [0, 0.05) is 30.6 Å². The molecule has 2 aromatic heterocycles. The molecule has 0 aliphatic carbocycles. The van der Waals surface area contributed by atoms with E-state index >= 15 is 0 Å². The van der Waals surface area contributed by atoms with E-state index in [0.717, 1.165) is 6.42 Å². The first kappa shape index (κ1) is 15.7. The molecule has 0 bridgehead atoms. The molecule has 0 spiro atoms. The van der Waals surface area contributed by atoms with Crippen LogP contribution in [0.3, 0.4) is 0 Å². The number of ether oxygens (including phenoxy) is 1. The monoisotopic (exact) mass is 314 g/mol. The molecule has 1 aliphatic rings. The average molecular weight is 314 g/mol. The van der Waals surface area contributed by atoms with Crippen LogP contribution in [0.25, 0.3) is 0 Å². The summed E-state index contributed by atoms with van der Waals surface area (Å²) in [5.74, 6) is 0.184. The maximum absolute atomic E-state index is 12.5. The highest BCUT2D eigenvalue weighted by molar-refractivity contribution is 5.92. The quantitative estimate of drug-likeness (QED) is 0.914. The largest absolute Gasteiger partial charge is 0.379 e. The van der Waals surface area contributed by atoms with Gasteiger partial charge in [-0.3, -0.25) is 14.5 Å². The molecule has 1 amide bonds. The van der Waals surface area contributed by atoms with Gasteiger partial charge in [-0.1, -0.05) is 0 Å². The van der Waals surface area contributed by atoms with E-state index in [9.17, 15) is 4.79 Å². The second kappa shape index (κ2) is 6.91. The van der Waals surface area contributed by atoms with Gasteiger partial charge in [0.1, 0.15) is 5.69 Å². The van der Waals surface area contributed by atoms with Crippen molar-refractivity contribution in [3.05, 3.63) is 48.0 Å². The molecule has 23 heavy (non-hydrogen) atoms. The zero-order chi connectivity index (χ0) is 16.2. The lowest BCUT2D eigenvalue weighted by atomic mass is 9.95. The first-order chi connectivity index (χ1) is 11.1. The second-order valence-electron chi connectivity index (χ2n) is 6.19. The molecule has 2 aromatic rings. The highest BCUT2D eigenvalue weighted by Crippen LogP contribution is 2.19. The van der Waals surface area contributed by atoms with Crippen LogP contribution >= 0.6 is 0 Å². The van der Waals surface area contributed by atoms with Gasteiger partial charge in [-0.05, 0) is 44.0 Å². The average Bonchev–Trinajstić information content (AvgIpc) is 3.18. The Bertz CT molecular complexity index is 654. The van der Waals surface area contributed by atoms with E-state index in [-0.39, 0.29) is 23.9 Å². The van der Waals surface area contributed by atoms with Crippen molar-refractivity contribution in [3.8, 4) is 0 Å². The number of rotatable bonds is 5. The molecule has 6 nitrogen and oxygen atoms in total. The van der Waals surface area contributed by atoms with Crippen LogP contribution in [0.5, 0.6) is 0 Å². The molecule has 3 heterocycles. The molecule has 1 aliphatic heterocycles. The molecule has 3 rings (SSSR count). The molecule has 0 unspecified atom stereocenters. The van der Waals surface area contributed by atoms with Gasteiger partial charge in [0.25, 0.3) is 5.91 Å². The second-order valence-corrected chi connectivity index (χ2v) is 6.19. The van der Waals surface area contributed by atoms with Crippen LogP contribution in [-0.4, -0.2) is 39.9 Å². The molecule has 1 N–H and O–H groups in total. The number of carbonyl (C=O) groups is 1. The molecular weight excluding hydrogens is 292 g/mol. The smallest absolute Gasteiger partial charge is 0.269 e. The molecule has 0 saturated carbocycles. The number of hydrogen-bond donors (Lipinski definition) is 1. The minimum atomic E-state index is -0.0913. The van der Waals surface area contributed by atoms with E-state index in [0.29, 0.717) is 18.9 Å². The van der Waals surface area contributed by atoms with Crippen LogP contribution < -0.4 is 5.32 Å². The third-order valence-electron chi connectivity index (χ3n) is 4.15. The van der Waals surface area contributed by atoms with Gasteiger partial charge in [-0.25, -0.2) is 0 Å². The molecule has 0 aromatic carbocycles. The molecule has 0 radical (unpaired) electrons. The molecule has 6 heteroatoms. The van der Waals surface area contributed by atoms with Gasteiger partial charge in [-0.15, -0.1) is 0 Å². The predicted octanol–water partition coefficient (Wildman–Crippen LogP) is 1.85. The zero-order valence-corrected chi connectivity index (χ0v) is 13.5. The van der Waals surface area contributed by atoms with Crippen LogP contribution in [0.1, 0.15) is 35.9 Å². The minimum Gasteiger partial charge on any atom is -0.379 e. The van der Waals surface area contributed by atoms with Gasteiger partial charge >= 0.3 is 0 Å². The fraction of sp³-hybridized carbons (Fsp3) is 0.471. The Labute approximate surface area is 135 Å². The topological polar surface area (TPSA) is 69.0 Å². The SMILES string of the molecule is CC(C)n1nccc1C(=O)N[C@@H]1COC[C@H]1Cc1ccncc1. The van der Waals surface area contributed by atoms with Crippen LogP contribution in [0, 0.1) is 5.92 Å². The Morgan fingerprint density at radius 2 is 2.09 bits per heavy atom. The Morgan fingerprint density at radius 3 is 2.83 bits per heavy atom. The Balaban J connectivity index is 1.66. The highest BCUT2D eigenvalue weighted by Gasteiger charge is 2.30. The summed E-state index contributed by atoms with van der Waals surface area (Å²) in [5, 5.41) is 7.32. The van der Waals surface area contributed by atoms with E-state index in [2.05, 4.69) is 15.4 Å². The third-order valence-corrected chi connectivity index (χ3v) is 4.15. The van der Waals surface area contributed by atoms with Crippen LogP contribution in [0.4, 0.5) is 0 Å². The normalized spacial score (nSPS) is 20.8. The van der Waals surface area contributed by atoms with Gasteiger partial charge in [-0.2, -0.15) is 5.10 Å². The number of pyridine rings is 1. The van der Waals surface area contributed by atoms with Crippen molar-refractivity contribution < 1.29 is 9.53 Å². The van der Waals surface area contributed by atoms with Crippen molar-refractivity contribution in [3.63, 3.8) is 0 Å². The number of carbonyl (C=O) groups excluding carboxylic acids is 1. The Morgan fingerprint density at radius 1 is 1.30 bits per heavy atom.